The van der Waals surface area contributed by atoms with Crippen LogP contribution in [0.3, 0.4) is 0 Å². The Morgan fingerprint density at radius 2 is 1.05 bits per heavy atom. The molecule has 5 aromatic carbocycles. The van der Waals surface area contributed by atoms with Crippen LogP contribution in [-0.4, -0.2) is 17.3 Å². The van der Waals surface area contributed by atoms with Crippen LogP contribution in [0.2, 0.25) is 0 Å². The molecule has 0 aliphatic heterocycles. The first-order chi connectivity index (χ1) is 17.9. The minimum atomic E-state index is -0.280. The fourth-order valence-corrected chi connectivity index (χ4v) is 6.84. The maximum Gasteiger partial charge on any atom is 0.196 e. The highest BCUT2D eigenvalue weighted by Gasteiger charge is 2.36. The lowest BCUT2D eigenvalue weighted by atomic mass is 9.79. The molecule has 0 aromatic heterocycles. The van der Waals surface area contributed by atoms with E-state index in [2.05, 4.69) is 31.9 Å². The molecule has 176 valence electrons. The number of nitrogen functional groups attached to an aromatic ring is 1. The highest BCUT2D eigenvalue weighted by Crippen LogP contribution is 2.49. The molecule has 0 amide bonds. The molecule has 2 N–H and O–H groups in total. The Bertz CT molecular complexity index is 1920. The van der Waals surface area contributed by atoms with Crippen LogP contribution in [0.5, 0.6) is 0 Å². The lowest BCUT2D eigenvalue weighted by Gasteiger charge is -2.25. The summed E-state index contributed by atoms with van der Waals surface area (Å²) in [6, 6.07) is 24.0. The summed E-state index contributed by atoms with van der Waals surface area (Å²) in [5.41, 5.74) is 12.6. The van der Waals surface area contributed by atoms with Gasteiger partial charge in [-0.2, -0.15) is 0 Å². The van der Waals surface area contributed by atoms with Crippen LogP contribution in [-0.2, 0) is 0 Å². The molecule has 4 nitrogen and oxygen atoms in total. The van der Waals surface area contributed by atoms with Gasteiger partial charge in [-0.15, -0.1) is 0 Å². The molecular formula is C31H15Br2NO3. The van der Waals surface area contributed by atoms with Crippen molar-refractivity contribution in [3.63, 3.8) is 0 Å². The summed E-state index contributed by atoms with van der Waals surface area (Å²) in [5, 5.41) is 1.78. The van der Waals surface area contributed by atoms with Crippen molar-refractivity contribution in [2.24, 2.45) is 0 Å². The van der Waals surface area contributed by atoms with Gasteiger partial charge in [-0.3, -0.25) is 14.4 Å². The molecule has 2 aliphatic carbocycles. The van der Waals surface area contributed by atoms with Crippen LogP contribution < -0.4 is 5.73 Å². The van der Waals surface area contributed by atoms with E-state index in [1.54, 1.807) is 24.3 Å². The smallest absolute Gasteiger partial charge is 0.196 e. The summed E-state index contributed by atoms with van der Waals surface area (Å²) in [5.74, 6) is -0.527. The van der Waals surface area contributed by atoms with Gasteiger partial charge in [-0.05, 0) is 66.1 Å². The van der Waals surface area contributed by atoms with Crippen LogP contribution in [0.25, 0.3) is 33.0 Å². The predicted molar refractivity (Wildman–Crippen MR) is 151 cm³/mol. The Kier molecular flexibility index (Phi) is 4.72. The van der Waals surface area contributed by atoms with Gasteiger partial charge < -0.3 is 5.73 Å². The van der Waals surface area contributed by atoms with E-state index < -0.39 is 0 Å². The largest absolute Gasteiger partial charge is 0.398 e. The number of carbonyl (C=O) groups excluding carboxylic acids is 3. The fourth-order valence-electron chi connectivity index (χ4n) is 5.62. The van der Waals surface area contributed by atoms with Crippen molar-refractivity contribution in [3.8, 4) is 22.3 Å². The zero-order valence-corrected chi connectivity index (χ0v) is 22.2. The maximum absolute atomic E-state index is 13.6. The van der Waals surface area contributed by atoms with Crippen molar-refractivity contribution in [1.82, 2.24) is 0 Å². The number of carbonyl (C=O) groups is 3. The molecule has 7 rings (SSSR count). The van der Waals surface area contributed by atoms with Crippen molar-refractivity contribution >= 4 is 65.7 Å². The number of halogens is 2. The quantitative estimate of drug-likeness (QED) is 0.195. The summed E-state index contributed by atoms with van der Waals surface area (Å²) in [4.78, 5) is 40.3. The van der Waals surface area contributed by atoms with E-state index in [0.29, 0.717) is 36.8 Å². The summed E-state index contributed by atoms with van der Waals surface area (Å²) >= 11 is 7.26. The number of rotatable bonds is 1. The van der Waals surface area contributed by atoms with Crippen molar-refractivity contribution in [3.05, 3.63) is 121 Å². The molecule has 0 heterocycles. The SMILES string of the molecule is Nc1c2c(c(Br)c(Br)c1-c1cc3c4c(cccc4c1)C(=O)c1ccccc1-3)C(=O)c1ccccc1C2=O. The Balaban J connectivity index is 1.56. The summed E-state index contributed by atoms with van der Waals surface area (Å²) < 4.78 is 1.07. The van der Waals surface area contributed by atoms with Gasteiger partial charge in [0, 0.05) is 42.1 Å². The molecule has 0 saturated heterocycles. The fraction of sp³-hybridized carbons (Fsp3) is 0. The van der Waals surface area contributed by atoms with Crippen LogP contribution in [0.4, 0.5) is 5.69 Å². The van der Waals surface area contributed by atoms with Crippen LogP contribution in [0, 0.1) is 0 Å². The van der Waals surface area contributed by atoms with Gasteiger partial charge in [0.15, 0.2) is 17.3 Å². The van der Waals surface area contributed by atoms with Gasteiger partial charge in [-0.25, -0.2) is 0 Å². The minimum absolute atomic E-state index is 0.00134. The third kappa shape index (κ3) is 2.91. The van der Waals surface area contributed by atoms with Crippen molar-refractivity contribution < 1.29 is 14.4 Å². The van der Waals surface area contributed by atoms with Gasteiger partial charge in [0.05, 0.1) is 16.8 Å². The third-order valence-electron chi connectivity index (χ3n) is 7.26. The van der Waals surface area contributed by atoms with Crippen LogP contribution in [0.15, 0.2) is 87.8 Å². The molecule has 0 saturated carbocycles. The van der Waals surface area contributed by atoms with E-state index in [4.69, 9.17) is 5.73 Å². The van der Waals surface area contributed by atoms with Gasteiger partial charge >= 0.3 is 0 Å². The minimum Gasteiger partial charge on any atom is -0.398 e. The van der Waals surface area contributed by atoms with Crippen LogP contribution >= 0.6 is 31.9 Å². The molecule has 0 radical (unpaired) electrons. The first-order valence-electron chi connectivity index (χ1n) is 11.6. The number of benzene rings is 5. The third-order valence-corrected chi connectivity index (χ3v) is 9.38. The van der Waals surface area contributed by atoms with Crippen molar-refractivity contribution in [2.75, 3.05) is 5.73 Å². The van der Waals surface area contributed by atoms with E-state index in [-0.39, 0.29) is 34.2 Å². The van der Waals surface area contributed by atoms with Crippen molar-refractivity contribution in [1.29, 1.82) is 0 Å². The van der Waals surface area contributed by atoms with Gasteiger partial charge in [0.1, 0.15) is 0 Å². The second-order valence-corrected chi connectivity index (χ2v) is 10.8. The molecule has 0 atom stereocenters. The van der Waals surface area contributed by atoms with Crippen LogP contribution in [0.1, 0.15) is 47.8 Å². The molecule has 0 bridgehead atoms. The summed E-state index contributed by atoms with van der Waals surface area (Å²) in [7, 11) is 0. The molecule has 2 aliphatic rings. The molecule has 5 aromatic rings. The topological polar surface area (TPSA) is 77.2 Å². The van der Waals surface area contributed by atoms with E-state index >= 15 is 0 Å². The standard InChI is InChI=1S/C31H15Br2NO3/c32-26-23(28(34)25-24(27(26)33)30(36)18-9-3-4-10-19(18)31(25)37)15-12-14-6-5-11-20-22(14)21(13-15)16-7-1-2-8-17(16)29(20)35/h1-13H,34H2. The van der Waals surface area contributed by atoms with E-state index in [1.165, 1.54) is 0 Å². The Morgan fingerprint density at radius 1 is 0.514 bits per heavy atom. The monoisotopic (exact) mass is 607 g/mol. The second-order valence-electron chi connectivity index (χ2n) is 9.17. The summed E-state index contributed by atoms with van der Waals surface area (Å²) in [6.07, 6.45) is 0. The lowest BCUT2D eigenvalue weighted by Crippen LogP contribution is -2.23. The van der Waals surface area contributed by atoms with E-state index in [0.717, 1.165) is 27.5 Å². The average molecular weight is 609 g/mol. The first kappa shape index (κ1) is 22.3. The lowest BCUT2D eigenvalue weighted by molar-refractivity contribution is 0.0979. The average Bonchev–Trinajstić information content (AvgIpc) is 2.92. The molecule has 0 spiro atoms. The number of ketones is 3. The predicted octanol–water partition coefficient (Wildman–Crippen LogP) is 7.60. The first-order valence-corrected chi connectivity index (χ1v) is 13.2. The molecule has 0 fully saturated rings. The zero-order valence-electron chi connectivity index (χ0n) is 19.1. The Morgan fingerprint density at radius 3 is 1.73 bits per heavy atom. The maximum atomic E-state index is 13.6. The summed E-state index contributed by atoms with van der Waals surface area (Å²) in [6.45, 7) is 0. The van der Waals surface area contributed by atoms with Gasteiger partial charge in [-0.1, -0.05) is 66.7 Å². The highest BCUT2D eigenvalue weighted by atomic mass is 79.9. The number of anilines is 1. The van der Waals surface area contributed by atoms with Gasteiger partial charge in [0.2, 0.25) is 0 Å². The molecule has 37 heavy (non-hydrogen) atoms. The van der Waals surface area contributed by atoms with E-state index in [1.807, 2.05) is 54.6 Å². The van der Waals surface area contributed by atoms with E-state index in [9.17, 15) is 14.4 Å². The molecular weight excluding hydrogens is 594 g/mol. The Labute approximate surface area is 228 Å². The molecule has 0 unspecified atom stereocenters. The second kappa shape index (κ2) is 7.81. The number of hydrogen-bond donors (Lipinski definition) is 1. The van der Waals surface area contributed by atoms with Gasteiger partial charge in [0.25, 0.3) is 0 Å². The highest BCUT2D eigenvalue weighted by molar-refractivity contribution is 9.13. The van der Waals surface area contributed by atoms with Crippen molar-refractivity contribution in [2.45, 2.75) is 0 Å². The number of fused-ring (bicyclic) bond motifs is 4. The number of hydrogen-bond acceptors (Lipinski definition) is 4. The zero-order chi connectivity index (χ0) is 25.6. The normalized spacial score (nSPS) is 13.4. The Hall–Kier alpha value is -3.87. The number of nitrogens with two attached hydrogens (primary N) is 1. The molecule has 6 heteroatoms.